The van der Waals surface area contributed by atoms with Gasteiger partial charge in [-0.15, -0.1) is 0 Å². The molecule has 0 aliphatic rings. The van der Waals surface area contributed by atoms with E-state index in [1.807, 2.05) is 6.92 Å². The zero-order chi connectivity index (χ0) is 19.4. The van der Waals surface area contributed by atoms with Crippen LogP contribution in [0.2, 0.25) is 0 Å². The maximum Gasteiger partial charge on any atom is 0.418 e. The lowest BCUT2D eigenvalue weighted by Gasteiger charge is -2.07. The number of halogens is 3. The van der Waals surface area contributed by atoms with Crippen molar-refractivity contribution in [2.45, 2.75) is 13.1 Å². The highest BCUT2D eigenvalue weighted by Gasteiger charge is 2.33. The van der Waals surface area contributed by atoms with E-state index in [9.17, 15) is 18.0 Å². The molecule has 3 aromatic rings. The Kier molecular flexibility index (Phi) is 5.50. The summed E-state index contributed by atoms with van der Waals surface area (Å²) in [6.45, 7) is 2.12. The molecule has 27 heavy (non-hydrogen) atoms. The lowest BCUT2D eigenvalue weighted by atomic mass is 10.2. The number of nitrogens with one attached hydrogen (secondary N) is 1. The molecule has 0 fully saturated rings. The number of thiazole rings is 1. The molecular weight excluding hydrogens is 381 g/mol. The van der Waals surface area contributed by atoms with Gasteiger partial charge in [-0.05, 0) is 43.3 Å². The fourth-order valence-corrected chi connectivity index (χ4v) is 3.24. The molecule has 3 rings (SSSR count). The topological polar surface area (TPSA) is 60.5 Å². The molecule has 0 saturated heterocycles. The van der Waals surface area contributed by atoms with E-state index in [1.54, 1.807) is 24.3 Å². The molecule has 0 atom stereocenters. The van der Waals surface area contributed by atoms with E-state index >= 15 is 0 Å². The van der Waals surface area contributed by atoms with Crippen LogP contribution < -0.4 is 14.8 Å². The van der Waals surface area contributed by atoms with Crippen LogP contribution in [0, 0.1) is 0 Å². The Bertz CT molecular complexity index is 939. The Balaban J connectivity index is 1.64. The third-order valence-corrected chi connectivity index (χ3v) is 4.41. The van der Waals surface area contributed by atoms with E-state index in [1.165, 1.54) is 12.1 Å². The first-order chi connectivity index (χ1) is 12.9. The fraction of sp³-hybridized carbons (Fsp3) is 0.222. The summed E-state index contributed by atoms with van der Waals surface area (Å²) in [7, 11) is 0. The van der Waals surface area contributed by atoms with Gasteiger partial charge in [0, 0.05) is 0 Å². The van der Waals surface area contributed by atoms with Crippen molar-refractivity contribution in [1.29, 1.82) is 0 Å². The number of benzene rings is 2. The molecule has 0 spiro atoms. The maximum atomic E-state index is 13.0. The number of hydrogen-bond acceptors (Lipinski definition) is 5. The van der Waals surface area contributed by atoms with E-state index < -0.39 is 17.6 Å². The summed E-state index contributed by atoms with van der Waals surface area (Å²) in [6.07, 6.45) is -4.51. The standard InChI is InChI=1S/C18H15F3N2O3S/c1-2-25-11-6-8-12(9-7-11)26-10-15(24)22-17-23-16-13(18(19,20)21)4-3-5-14(16)27-17/h3-9H,2,10H2,1H3,(H,22,23,24). The Morgan fingerprint density at radius 2 is 1.78 bits per heavy atom. The van der Waals surface area contributed by atoms with Crippen LogP contribution in [0.3, 0.4) is 0 Å². The molecule has 0 unspecified atom stereocenters. The van der Waals surface area contributed by atoms with Gasteiger partial charge in [-0.25, -0.2) is 4.98 Å². The van der Waals surface area contributed by atoms with Gasteiger partial charge < -0.3 is 9.47 Å². The molecule has 0 aliphatic heterocycles. The molecule has 0 radical (unpaired) electrons. The first-order valence-corrected chi connectivity index (χ1v) is 8.80. The number of hydrogen-bond donors (Lipinski definition) is 1. The van der Waals surface area contributed by atoms with Crippen molar-refractivity contribution >= 4 is 32.6 Å². The highest BCUT2D eigenvalue weighted by atomic mass is 32.1. The molecule has 2 aromatic carbocycles. The smallest absolute Gasteiger partial charge is 0.418 e. The summed E-state index contributed by atoms with van der Waals surface area (Å²) in [4.78, 5) is 15.9. The van der Waals surface area contributed by atoms with Crippen molar-refractivity contribution < 1.29 is 27.4 Å². The van der Waals surface area contributed by atoms with Crippen LogP contribution in [0.1, 0.15) is 12.5 Å². The average Bonchev–Trinajstić information content (AvgIpc) is 3.02. The van der Waals surface area contributed by atoms with Gasteiger partial charge in [0.15, 0.2) is 11.7 Å². The molecular formula is C18H15F3N2O3S. The van der Waals surface area contributed by atoms with Crippen molar-refractivity contribution in [3.63, 3.8) is 0 Å². The van der Waals surface area contributed by atoms with Crippen LogP contribution in [0.5, 0.6) is 11.5 Å². The largest absolute Gasteiger partial charge is 0.494 e. The van der Waals surface area contributed by atoms with E-state index in [0.29, 0.717) is 22.8 Å². The molecule has 0 saturated carbocycles. The summed E-state index contributed by atoms with van der Waals surface area (Å²) in [5, 5.41) is 2.55. The number of alkyl halides is 3. The zero-order valence-electron chi connectivity index (χ0n) is 14.2. The van der Waals surface area contributed by atoms with Crippen LogP contribution >= 0.6 is 11.3 Å². The monoisotopic (exact) mass is 396 g/mol. The second-order valence-electron chi connectivity index (χ2n) is 5.41. The third-order valence-electron chi connectivity index (χ3n) is 3.48. The van der Waals surface area contributed by atoms with Gasteiger partial charge in [0.1, 0.15) is 11.5 Å². The molecule has 1 aromatic heterocycles. The molecule has 9 heteroatoms. The van der Waals surface area contributed by atoms with Gasteiger partial charge in [0.05, 0.1) is 22.4 Å². The van der Waals surface area contributed by atoms with Gasteiger partial charge in [0.2, 0.25) is 0 Å². The number of carbonyl (C=O) groups is 1. The number of para-hydroxylation sites is 1. The minimum Gasteiger partial charge on any atom is -0.494 e. The first kappa shape index (κ1) is 19.0. The zero-order valence-corrected chi connectivity index (χ0v) is 15.0. The number of rotatable bonds is 6. The molecule has 1 N–H and O–H groups in total. The highest BCUT2D eigenvalue weighted by Crippen LogP contribution is 2.37. The predicted molar refractivity (Wildman–Crippen MR) is 96.4 cm³/mol. The van der Waals surface area contributed by atoms with Crippen LogP contribution in [0.25, 0.3) is 10.2 Å². The van der Waals surface area contributed by atoms with E-state index in [0.717, 1.165) is 17.4 Å². The Labute approximate surface area is 156 Å². The number of nitrogens with zero attached hydrogens (tertiary/aromatic N) is 1. The second-order valence-corrected chi connectivity index (χ2v) is 6.44. The summed E-state index contributed by atoms with van der Waals surface area (Å²) >= 11 is 0.970. The van der Waals surface area contributed by atoms with Crippen molar-refractivity contribution in [1.82, 2.24) is 4.98 Å². The van der Waals surface area contributed by atoms with Crippen molar-refractivity contribution in [2.75, 3.05) is 18.5 Å². The molecule has 5 nitrogen and oxygen atoms in total. The normalized spacial score (nSPS) is 11.4. The van der Waals surface area contributed by atoms with Gasteiger partial charge in [0.25, 0.3) is 5.91 Å². The summed E-state index contributed by atoms with van der Waals surface area (Å²) in [5.74, 6) is 0.637. The first-order valence-electron chi connectivity index (χ1n) is 7.99. The molecule has 142 valence electrons. The molecule has 1 heterocycles. The lowest BCUT2D eigenvalue weighted by Crippen LogP contribution is -2.20. The third kappa shape index (κ3) is 4.68. The van der Waals surface area contributed by atoms with E-state index in [2.05, 4.69) is 10.3 Å². The van der Waals surface area contributed by atoms with E-state index in [-0.39, 0.29) is 17.3 Å². The van der Waals surface area contributed by atoms with Gasteiger partial charge >= 0.3 is 6.18 Å². The predicted octanol–water partition coefficient (Wildman–Crippen LogP) is 4.73. The number of aromatic nitrogens is 1. The SMILES string of the molecule is CCOc1ccc(OCC(=O)Nc2nc3c(C(F)(F)F)cccc3s2)cc1. The number of carbonyl (C=O) groups excluding carboxylic acids is 1. The summed E-state index contributed by atoms with van der Waals surface area (Å²) in [5.41, 5.74) is -1.01. The number of anilines is 1. The molecule has 1 amide bonds. The minimum atomic E-state index is -4.51. The Morgan fingerprint density at radius 3 is 2.41 bits per heavy atom. The van der Waals surface area contributed by atoms with Crippen LogP contribution in [-0.2, 0) is 11.0 Å². The number of amides is 1. The van der Waals surface area contributed by atoms with Crippen LogP contribution in [0.15, 0.2) is 42.5 Å². The van der Waals surface area contributed by atoms with Gasteiger partial charge in [-0.2, -0.15) is 13.2 Å². The summed E-state index contributed by atoms with van der Waals surface area (Å²) < 4.78 is 50.1. The van der Waals surface area contributed by atoms with Gasteiger partial charge in [-0.1, -0.05) is 17.4 Å². The minimum absolute atomic E-state index is 0.0852. The van der Waals surface area contributed by atoms with Crippen LogP contribution in [0.4, 0.5) is 18.3 Å². The maximum absolute atomic E-state index is 13.0. The number of ether oxygens (including phenoxy) is 2. The summed E-state index contributed by atoms with van der Waals surface area (Å²) in [6, 6.07) is 10.5. The fourth-order valence-electron chi connectivity index (χ4n) is 2.33. The van der Waals surface area contributed by atoms with E-state index in [4.69, 9.17) is 9.47 Å². The highest BCUT2D eigenvalue weighted by molar-refractivity contribution is 7.22. The Hall–Kier alpha value is -2.81. The quantitative estimate of drug-likeness (QED) is 0.654. The lowest BCUT2D eigenvalue weighted by molar-refractivity contribution is -0.136. The van der Waals surface area contributed by atoms with Gasteiger partial charge in [-0.3, -0.25) is 10.1 Å². The van der Waals surface area contributed by atoms with Crippen molar-refractivity contribution in [3.05, 3.63) is 48.0 Å². The van der Waals surface area contributed by atoms with Crippen LogP contribution in [-0.4, -0.2) is 24.1 Å². The van der Waals surface area contributed by atoms with Crippen molar-refractivity contribution in [2.24, 2.45) is 0 Å². The van der Waals surface area contributed by atoms with Crippen molar-refractivity contribution in [3.8, 4) is 11.5 Å². The average molecular weight is 396 g/mol. The molecule has 0 bridgehead atoms. The second kappa shape index (κ2) is 7.83. The molecule has 0 aliphatic carbocycles. The Morgan fingerprint density at radius 1 is 1.11 bits per heavy atom. The number of fused-ring (bicyclic) bond motifs is 1.